The number of carboxylic acids is 1. The lowest BCUT2D eigenvalue weighted by molar-refractivity contribution is 0.0696. The lowest BCUT2D eigenvalue weighted by atomic mass is 9.72. The van der Waals surface area contributed by atoms with Gasteiger partial charge in [-0.1, -0.05) is 19.1 Å². The highest BCUT2D eigenvalue weighted by Crippen LogP contribution is 2.59. The summed E-state index contributed by atoms with van der Waals surface area (Å²) < 4.78 is 0. The number of fused-ring (bicyclic) bond motifs is 5. The Balaban J connectivity index is 1.62. The van der Waals surface area contributed by atoms with Crippen LogP contribution in [-0.2, 0) is 0 Å². The molecule has 5 nitrogen and oxygen atoms in total. The molecule has 2 aliphatic carbocycles. The molecule has 5 heteroatoms. The Bertz CT molecular complexity index is 742. The highest BCUT2D eigenvalue weighted by molar-refractivity contribution is 5.98. The van der Waals surface area contributed by atoms with Gasteiger partial charge in [0.15, 0.2) is 0 Å². The van der Waals surface area contributed by atoms with Crippen LogP contribution in [0, 0.1) is 30.1 Å². The minimum Gasteiger partial charge on any atom is -0.478 e. The van der Waals surface area contributed by atoms with Crippen molar-refractivity contribution in [1.82, 2.24) is 9.88 Å². The van der Waals surface area contributed by atoms with E-state index >= 15 is 0 Å². The summed E-state index contributed by atoms with van der Waals surface area (Å²) in [4.78, 5) is 30.0. The van der Waals surface area contributed by atoms with E-state index in [4.69, 9.17) is 5.11 Å². The standard InChI is InChI=1S/C18H20N2O3/c1-10-14(6-12(7-19-10)17(22)23)16(21)20-8-15-11-3-4-13(5-11)18(15,2)9-20/h3-4,6-7,11,13,15H,5,8-9H2,1-2H3,(H,22,23)/t11-,13+,15-,18+/m1/s1. The average molecular weight is 312 g/mol. The number of rotatable bonds is 2. The van der Waals surface area contributed by atoms with Crippen molar-refractivity contribution in [2.45, 2.75) is 20.3 Å². The van der Waals surface area contributed by atoms with E-state index in [1.54, 1.807) is 6.92 Å². The number of carboxylic acid groups (broad SMARTS) is 1. The molecule has 1 aromatic heterocycles. The van der Waals surface area contributed by atoms with E-state index < -0.39 is 5.97 Å². The Morgan fingerprint density at radius 3 is 2.87 bits per heavy atom. The highest BCUT2D eigenvalue weighted by atomic mass is 16.4. The third kappa shape index (κ3) is 1.95. The first-order valence-corrected chi connectivity index (χ1v) is 8.07. The number of pyridine rings is 1. The van der Waals surface area contributed by atoms with Crippen molar-refractivity contribution in [3.05, 3.63) is 41.2 Å². The second-order valence-electron chi connectivity index (χ2n) is 7.35. The molecule has 23 heavy (non-hydrogen) atoms. The van der Waals surface area contributed by atoms with E-state index in [0.717, 1.165) is 13.1 Å². The number of likely N-dealkylation sites (tertiary alicyclic amines) is 1. The summed E-state index contributed by atoms with van der Waals surface area (Å²) in [6.07, 6.45) is 7.15. The van der Waals surface area contributed by atoms with Gasteiger partial charge in [-0.05, 0) is 42.6 Å². The molecule has 0 spiro atoms. The van der Waals surface area contributed by atoms with Crippen molar-refractivity contribution < 1.29 is 14.7 Å². The smallest absolute Gasteiger partial charge is 0.337 e. The molecule has 1 aromatic rings. The predicted octanol–water partition coefficient (Wildman–Crippen LogP) is 2.37. The van der Waals surface area contributed by atoms with Crippen LogP contribution in [0.1, 0.15) is 39.8 Å². The molecule has 0 aromatic carbocycles. The maximum Gasteiger partial charge on any atom is 0.337 e. The van der Waals surface area contributed by atoms with Crippen molar-refractivity contribution in [3.63, 3.8) is 0 Å². The van der Waals surface area contributed by atoms with E-state index in [9.17, 15) is 9.59 Å². The second kappa shape index (κ2) is 4.66. The van der Waals surface area contributed by atoms with Gasteiger partial charge < -0.3 is 10.0 Å². The maximum absolute atomic E-state index is 12.9. The molecule has 4 rings (SSSR count). The number of hydrogen-bond donors (Lipinski definition) is 1. The average Bonchev–Trinajstić information content (AvgIpc) is 3.17. The molecule has 2 heterocycles. The fourth-order valence-corrected chi connectivity index (χ4v) is 4.76. The van der Waals surface area contributed by atoms with Gasteiger partial charge >= 0.3 is 5.97 Å². The van der Waals surface area contributed by atoms with Gasteiger partial charge in [0.1, 0.15) is 0 Å². The maximum atomic E-state index is 12.9. The Morgan fingerprint density at radius 1 is 1.39 bits per heavy atom. The number of amides is 1. The topological polar surface area (TPSA) is 70.5 Å². The van der Waals surface area contributed by atoms with Crippen molar-refractivity contribution in [2.24, 2.45) is 23.2 Å². The molecule has 4 atom stereocenters. The van der Waals surface area contributed by atoms with Crippen molar-refractivity contribution in [1.29, 1.82) is 0 Å². The number of hydrogen-bond acceptors (Lipinski definition) is 3. The number of nitrogens with zero attached hydrogens (tertiary/aromatic N) is 2. The van der Waals surface area contributed by atoms with Gasteiger partial charge in [0.25, 0.3) is 5.91 Å². The monoisotopic (exact) mass is 312 g/mol. The van der Waals surface area contributed by atoms with Gasteiger partial charge in [0, 0.05) is 19.3 Å². The Hall–Kier alpha value is -2.17. The quantitative estimate of drug-likeness (QED) is 0.851. The number of carbonyl (C=O) groups is 2. The normalized spacial score (nSPS) is 34.0. The third-order valence-electron chi connectivity index (χ3n) is 6.13. The first kappa shape index (κ1) is 14.4. The van der Waals surface area contributed by atoms with Gasteiger partial charge in [-0.25, -0.2) is 4.79 Å². The summed E-state index contributed by atoms with van der Waals surface area (Å²) in [5.41, 5.74) is 1.23. The fraction of sp³-hybridized carbons (Fsp3) is 0.500. The zero-order valence-electron chi connectivity index (χ0n) is 13.3. The van der Waals surface area contributed by atoms with E-state index in [2.05, 4.69) is 24.1 Å². The molecule has 1 saturated carbocycles. The van der Waals surface area contributed by atoms with Crippen LogP contribution < -0.4 is 0 Å². The van der Waals surface area contributed by atoms with Crippen molar-refractivity contribution >= 4 is 11.9 Å². The molecule has 1 aliphatic heterocycles. The minimum atomic E-state index is -1.06. The molecule has 1 amide bonds. The Kier molecular flexibility index (Phi) is 2.92. The van der Waals surface area contributed by atoms with Gasteiger partial charge in [-0.15, -0.1) is 0 Å². The van der Waals surface area contributed by atoms with Crippen LogP contribution in [0.5, 0.6) is 0 Å². The van der Waals surface area contributed by atoms with Crippen molar-refractivity contribution in [2.75, 3.05) is 13.1 Å². The predicted molar refractivity (Wildman–Crippen MR) is 84.2 cm³/mol. The summed E-state index contributed by atoms with van der Waals surface area (Å²) in [5, 5.41) is 9.12. The van der Waals surface area contributed by atoms with Crippen LogP contribution in [0.4, 0.5) is 0 Å². The van der Waals surface area contributed by atoms with Crippen LogP contribution in [0.25, 0.3) is 0 Å². The Morgan fingerprint density at radius 2 is 2.17 bits per heavy atom. The number of aryl methyl sites for hydroxylation is 1. The van der Waals surface area contributed by atoms with Crippen LogP contribution in [0.2, 0.25) is 0 Å². The van der Waals surface area contributed by atoms with Crippen LogP contribution in [0.3, 0.4) is 0 Å². The number of allylic oxidation sites excluding steroid dienone is 2. The molecular weight excluding hydrogens is 292 g/mol. The minimum absolute atomic E-state index is 0.0614. The first-order valence-electron chi connectivity index (χ1n) is 8.07. The van der Waals surface area contributed by atoms with E-state index in [-0.39, 0.29) is 16.9 Å². The third-order valence-corrected chi connectivity index (χ3v) is 6.13. The van der Waals surface area contributed by atoms with Gasteiger partial charge in [0.2, 0.25) is 0 Å². The molecular formula is C18H20N2O3. The van der Waals surface area contributed by atoms with Crippen LogP contribution >= 0.6 is 0 Å². The van der Waals surface area contributed by atoms with E-state index in [0.29, 0.717) is 29.0 Å². The molecule has 0 unspecified atom stereocenters. The highest BCUT2D eigenvalue weighted by Gasteiger charge is 2.58. The van der Waals surface area contributed by atoms with E-state index in [1.807, 2.05) is 4.90 Å². The molecule has 1 N–H and O–H groups in total. The van der Waals surface area contributed by atoms with Gasteiger partial charge in [0.05, 0.1) is 16.8 Å². The molecule has 2 bridgehead atoms. The summed E-state index contributed by atoms with van der Waals surface area (Å²) in [6.45, 7) is 5.55. The summed E-state index contributed by atoms with van der Waals surface area (Å²) in [6, 6.07) is 1.45. The summed E-state index contributed by atoms with van der Waals surface area (Å²) in [5.74, 6) is 0.539. The molecule has 120 valence electrons. The van der Waals surface area contributed by atoms with Crippen LogP contribution in [0.15, 0.2) is 24.4 Å². The largest absolute Gasteiger partial charge is 0.478 e. The molecule has 2 fully saturated rings. The zero-order valence-corrected chi connectivity index (χ0v) is 13.3. The SMILES string of the molecule is Cc1ncc(C(=O)O)cc1C(=O)N1C[C@@H]2[C@@H]3C=C[C@@H](C3)[C@]2(C)C1. The summed E-state index contributed by atoms with van der Waals surface area (Å²) >= 11 is 0. The number of aromatic nitrogens is 1. The lowest BCUT2D eigenvalue weighted by Crippen LogP contribution is -2.34. The van der Waals surface area contributed by atoms with Gasteiger partial charge in [-0.3, -0.25) is 9.78 Å². The Labute approximate surface area is 135 Å². The zero-order chi connectivity index (χ0) is 16.4. The van der Waals surface area contributed by atoms with Crippen molar-refractivity contribution in [3.8, 4) is 0 Å². The number of carbonyl (C=O) groups excluding carboxylic acids is 1. The van der Waals surface area contributed by atoms with Crippen LogP contribution in [-0.4, -0.2) is 40.0 Å². The fourth-order valence-electron chi connectivity index (χ4n) is 4.76. The molecule has 3 aliphatic rings. The molecule has 1 saturated heterocycles. The lowest BCUT2D eigenvalue weighted by Gasteiger charge is -2.31. The summed E-state index contributed by atoms with van der Waals surface area (Å²) in [7, 11) is 0. The first-order chi connectivity index (χ1) is 10.9. The second-order valence-corrected chi connectivity index (χ2v) is 7.35. The van der Waals surface area contributed by atoms with Gasteiger partial charge in [-0.2, -0.15) is 0 Å². The number of aromatic carboxylic acids is 1. The molecule has 0 radical (unpaired) electrons. The van der Waals surface area contributed by atoms with E-state index in [1.165, 1.54) is 18.7 Å².